The summed E-state index contributed by atoms with van der Waals surface area (Å²) in [7, 11) is 0. The zero-order valence-electron chi connectivity index (χ0n) is 14.8. The fraction of sp³-hybridized carbons (Fsp3) is 0.250. The largest absolute Gasteiger partial charge is 0.503 e. The highest BCUT2D eigenvalue weighted by Crippen LogP contribution is 2.23. The molecule has 0 unspecified atom stereocenters. The van der Waals surface area contributed by atoms with E-state index >= 15 is 0 Å². The highest BCUT2D eigenvalue weighted by molar-refractivity contribution is 6.00. The molecule has 0 atom stereocenters. The van der Waals surface area contributed by atoms with Crippen molar-refractivity contribution in [3.63, 3.8) is 0 Å². The third-order valence-corrected chi connectivity index (χ3v) is 4.33. The molecular weight excluding hydrogens is 330 g/mol. The number of hydrogen-bond acceptors (Lipinski definition) is 4. The molecule has 1 aromatic carbocycles. The van der Waals surface area contributed by atoms with Crippen molar-refractivity contribution in [1.29, 1.82) is 0 Å². The Hall–Kier alpha value is -3.15. The van der Waals surface area contributed by atoms with Gasteiger partial charge in [-0.15, -0.1) is 0 Å². The zero-order valence-corrected chi connectivity index (χ0v) is 14.8. The summed E-state index contributed by atoms with van der Waals surface area (Å²) in [6, 6.07) is 10.9. The van der Waals surface area contributed by atoms with Gasteiger partial charge >= 0.3 is 0 Å². The smallest absolute Gasteiger partial charge is 0.224 e. The summed E-state index contributed by atoms with van der Waals surface area (Å²) in [6.07, 6.45) is 2.56. The molecule has 0 aliphatic heterocycles. The van der Waals surface area contributed by atoms with Crippen molar-refractivity contribution in [3.8, 4) is 5.75 Å². The fourth-order valence-corrected chi connectivity index (χ4v) is 2.94. The number of carbonyl (C=O) groups excluding carboxylic acids is 1. The van der Waals surface area contributed by atoms with Gasteiger partial charge in [0.2, 0.25) is 11.3 Å². The van der Waals surface area contributed by atoms with Crippen molar-refractivity contribution in [2.24, 2.45) is 0 Å². The lowest BCUT2D eigenvalue weighted by Gasteiger charge is -2.12. The highest BCUT2D eigenvalue weighted by Gasteiger charge is 2.09. The van der Waals surface area contributed by atoms with E-state index in [1.807, 2.05) is 37.3 Å². The van der Waals surface area contributed by atoms with Crippen molar-refractivity contribution in [2.45, 2.75) is 33.2 Å². The van der Waals surface area contributed by atoms with E-state index in [1.165, 1.54) is 6.07 Å². The van der Waals surface area contributed by atoms with Crippen LogP contribution in [-0.2, 0) is 11.3 Å². The summed E-state index contributed by atoms with van der Waals surface area (Å²) in [4.78, 5) is 28.2. The molecule has 2 N–H and O–H groups in total. The lowest BCUT2D eigenvalue weighted by Crippen LogP contribution is -2.14. The van der Waals surface area contributed by atoms with E-state index < -0.39 is 5.43 Å². The molecule has 0 spiro atoms. The maximum Gasteiger partial charge on any atom is 0.224 e. The molecule has 6 nitrogen and oxygen atoms in total. The molecule has 3 aromatic rings. The van der Waals surface area contributed by atoms with E-state index in [2.05, 4.69) is 10.3 Å². The number of pyridine rings is 2. The molecule has 0 aliphatic rings. The van der Waals surface area contributed by atoms with Gasteiger partial charge in [-0.25, -0.2) is 0 Å². The average molecular weight is 351 g/mol. The number of nitrogens with one attached hydrogen (secondary N) is 1. The van der Waals surface area contributed by atoms with E-state index in [1.54, 1.807) is 17.7 Å². The van der Waals surface area contributed by atoms with E-state index in [-0.39, 0.29) is 11.7 Å². The van der Waals surface area contributed by atoms with Crippen molar-refractivity contribution >= 4 is 22.5 Å². The Morgan fingerprint density at radius 2 is 2.00 bits per heavy atom. The van der Waals surface area contributed by atoms with Crippen LogP contribution in [0.1, 0.15) is 24.2 Å². The molecule has 1 amide bonds. The number of aromatic hydroxyl groups is 1. The SMILES string of the molecule is Cc1cc(NC(=O)CCCn2ccc(=O)c(O)c2C)c2ccccc2n1. The van der Waals surface area contributed by atoms with Gasteiger partial charge in [0.1, 0.15) is 0 Å². The van der Waals surface area contributed by atoms with Crippen LogP contribution in [0.15, 0.2) is 47.4 Å². The third kappa shape index (κ3) is 3.74. The monoisotopic (exact) mass is 351 g/mol. The van der Waals surface area contributed by atoms with Crippen molar-refractivity contribution in [2.75, 3.05) is 5.32 Å². The second kappa shape index (κ2) is 7.39. The van der Waals surface area contributed by atoms with Crippen molar-refractivity contribution in [3.05, 3.63) is 64.2 Å². The summed E-state index contributed by atoms with van der Waals surface area (Å²) in [5, 5.41) is 13.6. The molecule has 0 radical (unpaired) electrons. The first kappa shape index (κ1) is 17.7. The predicted octanol–water partition coefficient (Wildman–Crippen LogP) is 3.14. The van der Waals surface area contributed by atoms with Gasteiger partial charge in [0.15, 0.2) is 5.75 Å². The Morgan fingerprint density at radius 3 is 2.81 bits per heavy atom. The average Bonchev–Trinajstić information content (AvgIpc) is 2.61. The van der Waals surface area contributed by atoms with Crippen LogP contribution in [0.5, 0.6) is 5.75 Å². The van der Waals surface area contributed by atoms with Gasteiger partial charge in [-0.1, -0.05) is 18.2 Å². The zero-order chi connectivity index (χ0) is 18.7. The van der Waals surface area contributed by atoms with Crippen LogP contribution in [0.2, 0.25) is 0 Å². The van der Waals surface area contributed by atoms with Gasteiger partial charge in [-0.3, -0.25) is 14.6 Å². The number of benzene rings is 1. The molecule has 0 saturated heterocycles. The van der Waals surface area contributed by atoms with Crippen LogP contribution in [0.25, 0.3) is 10.9 Å². The van der Waals surface area contributed by atoms with Gasteiger partial charge in [0.05, 0.1) is 16.9 Å². The second-order valence-corrected chi connectivity index (χ2v) is 6.29. The van der Waals surface area contributed by atoms with E-state index in [0.29, 0.717) is 25.1 Å². The molecule has 0 aliphatic carbocycles. The Bertz CT molecular complexity index is 1020. The van der Waals surface area contributed by atoms with E-state index in [0.717, 1.165) is 22.3 Å². The van der Waals surface area contributed by atoms with Crippen LogP contribution < -0.4 is 10.7 Å². The number of amides is 1. The number of aryl methyl sites for hydroxylation is 2. The second-order valence-electron chi connectivity index (χ2n) is 6.29. The highest BCUT2D eigenvalue weighted by atomic mass is 16.3. The summed E-state index contributed by atoms with van der Waals surface area (Å²) < 4.78 is 1.77. The van der Waals surface area contributed by atoms with Gasteiger partial charge in [0.25, 0.3) is 0 Å². The Morgan fingerprint density at radius 1 is 1.23 bits per heavy atom. The third-order valence-electron chi connectivity index (χ3n) is 4.33. The molecule has 0 saturated carbocycles. The lowest BCUT2D eigenvalue weighted by molar-refractivity contribution is -0.116. The quantitative estimate of drug-likeness (QED) is 0.740. The first-order valence-electron chi connectivity index (χ1n) is 8.51. The summed E-state index contributed by atoms with van der Waals surface area (Å²) in [6.45, 7) is 4.12. The number of carbonyl (C=O) groups is 1. The minimum absolute atomic E-state index is 0.0799. The summed E-state index contributed by atoms with van der Waals surface area (Å²) in [5.74, 6) is -0.320. The molecule has 26 heavy (non-hydrogen) atoms. The Labute approximate surface area is 151 Å². The maximum absolute atomic E-state index is 12.3. The number of rotatable bonds is 5. The molecule has 134 valence electrons. The van der Waals surface area contributed by atoms with Crippen molar-refractivity contribution < 1.29 is 9.90 Å². The molecule has 2 heterocycles. The standard InChI is InChI=1S/C20H21N3O3/c1-13-12-17(15-6-3-4-7-16(15)21-13)22-19(25)8-5-10-23-11-9-18(24)20(26)14(23)2/h3-4,6-7,9,11-12,26H,5,8,10H2,1-2H3,(H,21,22,25). The van der Waals surface area contributed by atoms with Crippen LogP contribution in [0.4, 0.5) is 5.69 Å². The molecule has 0 bridgehead atoms. The number of hydrogen-bond donors (Lipinski definition) is 2. The summed E-state index contributed by atoms with van der Waals surface area (Å²) >= 11 is 0. The number of aromatic nitrogens is 2. The van der Waals surface area contributed by atoms with Crippen LogP contribution in [-0.4, -0.2) is 20.6 Å². The molecule has 0 fully saturated rings. The normalized spacial score (nSPS) is 10.8. The molecular formula is C20H21N3O3. The van der Waals surface area contributed by atoms with Crippen LogP contribution >= 0.6 is 0 Å². The van der Waals surface area contributed by atoms with E-state index in [9.17, 15) is 14.7 Å². The number of fused-ring (bicyclic) bond motifs is 1. The van der Waals surface area contributed by atoms with Crippen LogP contribution in [0, 0.1) is 13.8 Å². The first-order chi connectivity index (χ1) is 12.5. The number of anilines is 1. The van der Waals surface area contributed by atoms with Gasteiger partial charge in [-0.05, 0) is 32.4 Å². The van der Waals surface area contributed by atoms with Gasteiger partial charge in [0, 0.05) is 36.3 Å². The maximum atomic E-state index is 12.3. The summed E-state index contributed by atoms with van der Waals surface area (Å²) in [5.41, 5.74) is 2.57. The van der Waals surface area contributed by atoms with Gasteiger partial charge in [-0.2, -0.15) is 0 Å². The van der Waals surface area contributed by atoms with Crippen molar-refractivity contribution in [1.82, 2.24) is 9.55 Å². The first-order valence-corrected chi connectivity index (χ1v) is 8.51. The molecule has 3 rings (SSSR count). The Kier molecular flexibility index (Phi) is 5.02. The predicted molar refractivity (Wildman–Crippen MR) is 101 cm³/mol. The minimum Gasteiger partial charge on any atom is -0.503 e. The fourth-order valence-electron chi connectivity index (χ4n) is 2.94. The number of nitrogens with zero attached hydrogens (tertiary/aromatic N) is 2. The topological polar surface area (TPSA) is 84.2 Å². The minimum atomic E-state index is -0.392. The van der Waals surface area contributed by atoms with E-state index in [4.69, 9.17) is 0 Å². The Balaban J connectivity index is 1.65. The lowest BCUT2D eigenvalue weighted by atomic mass is 10.1. The molecule has 2 aromatic heterocycles. The van der Waals surface area contributed by atoms with Crippen LogP contribution in [0.3, 0.4) is 0 Å². The molecule has 6 heteroatoms. The van der Waals surface area contributed by atoms with Gasteiger partial charge < -0.3 is 15.0 Å². The number of para-hydroxylation sites is 1.